The maximum Gasteiger partial charge on any atom is 0.287 e. The molecule has 0 radical (unpaired) electrons. The number of nitrogens with zero attached hydrogens (tertiary/aromatic N) is 1. The van der Waals surface area contributed by atoms with Crippen LogP contribution in [0.3, 0.4) is 0 Å². The monoisotopic (exact) mass is 457 g/mol. The third-order valence-electron chi connectivity index (χ3n) is 5.19. The van der Waals surface area contributed by atoms with Crippen LogP contribution in [0.15, 0.2) is 77.5 Å². The Hall–Kier alpha value is -4.59. The standard InChI is InChI=1S/C26H23N3O5/c1-16-7-6-10-20(24(16)30)17(2)28-29-26(32)21(27-25(31)19-8-4-3-5-9-19)13-18-11-12-22-23(14-18)34-15-33-22/h3-14,30H,15H2,1-2H3,(H,27,31)(H,29,32)/b21-13-,28-17+. The van der Waals surface area contributed by atoms with Gasteiger partial charge in [0.25, 0.3) is 11.8 Å². The molecule has 0 saturated carbocycles. The first-order chi connectivity index (χ1) is 16.4. The first-order valence-electron chi connectivity index (χ1n) is 10.5. The van der Waals surface area contributed by atoms with E-state index in [0.29, 0.717) is 39.5 Å². The molecule has 2 amide bonds. The Morgan fingerprint density at radius 2 is 1.76 bits per heavy atom. The molecule has 1 aliphatic heterocycles. The first kappa shape index (κ1) is 22.6. The molecule has 0 aliphatic carbocycles. The van der Waals surface area contributed by atoms with Crippen LogP contribution >= 0.6 is 0 Å². The third-order valence-corrected chi connectivity index (χ3v) is 5.19. The number of aryl methyl sites for hydroxylation is 1. The van der Waals surface area contributed by atoms with E-state index in [4.69, 9.17) is 9.47 Å². The van der Waals surface area contributed by atoms with Gasteiger partial charge in [-0.25, -0.2) is 5.43 Å². The molecular weight excluding hydrogens is 434 g/mol. The third kappa shape index (κ3) is 5.07. The van der Waals surface area contributed by atoms with Crippen molar-refractivity contribution in [1.29, 1.82) is 0 Å². The lowest BCUT2D eigenvalue weighted by atomic mass is 10.1. The van der Waals surface area contributed by atoms with Gasteiger partial charge in [-0.3, -0.25) is 9.59 Å². The van der Waals surface area contributed by atoms with Crippen LogP contribution in [0.4, 0.5) is 0 Å². The first-order valence-corrected chi connectivity index (χ1v) is 10.5. The van der Waals surface area contributed by atoms with Crippen molar-refractivity contribution in [2.75, 3.05) is 6.79 Å². The largest absolute Gasteiger partial charge is 0.507 e. The molecular formula is C26H23N3O5. The molecule has 1 aliphatic rings. The van der Waals surface area contributed by atoms with Gasteiger partial charge in [0.15, 0.2) is 11.5 Å². The maximum absolute atomic E-state index is 13.0. The van der Waals surface area contributed by atoms with Gasteiger partial charge in [0.1, 0.15) is 11.4 Å². The van der Waals surface area contributed by atoms with Crippen molar-refractivity contribution < 1.29 is 24.2 Å². The van der Waals surface area contributed by atoms with Gasteiger partial charge in [-0.15, -0.1) is 0 Å². The van der Waals surface area contributed by atoms with Crippen molar-refractivity contribution in [1.82, 2.24) is 10.7 Å². The molecule has 0 atom stereocenters. The fraction of sp³-hybridized carbons (Fsp3) is 0.115. The van der Waals surface area contributed by atoms with Gasteiger partial charge in [-0.1, -0.05) is 36.4 Å². The summed E-state index contributed by atoms with van der Waals surface area (Å²) in [5, 5.41) is 17.0. The molecule has 34 heavy (non-hydrogen) atoms. The molecule has 0 bridgehead atoms. The number of aromatic hydroxyl groups is 1. The molecule has 3 N–H and O–H groups in total. The lowest BCUT2D eigenvalue weighted by Gasteiger charge is -2.11. The van der Waals surface area contributed by atoms with Gasteiger partial charge in [-0.2, -0.15) is 5.10 Å². The van der Waals surface area contributed by atoms with Crippen molar-refractivity contribution in [3.63, 3.8) is 0 Å². The smallest absolute Gasteiger partial charge is 0.287 e. The summed E-state index contributed by atoms with van der Waals surface area (Å²) >= 11 is 0. The van der Waals surface area contributed by atoms with Crippen LogP contribution in [0.1, 0.15) is 34.0 Å². The zero-order valence-electron chi connectivity index (χ0n) is 18.7. The van der Waals surface area contributed by atoms with Gasteiger partial charge < -0.3 is 19.9 Å². The van der Waals surface area contributed by atoms with Crippen LogP contribution in [0, 0.1) is 6.92 Å². The van der Waals surface area contributed by atoms with Crippen molar-refractivity contribution in [2.45, 2.75) is 13.8 Å². The fourth-order valence-electron chi connectivity index (χ4n) is 3.32. The molecule has 8 heteroatoms. The average Bonchev–Trinajstić information content (AvgIpc) is 3.32. The number of fused-ring (bicyclic) bond motifs is 1. The SMILES string of the molecule is C/C(=N\NC(=O)/C(=C/c1ccc2c(c1)OCO2)NC(=O)c1ccccc1)c1cccc(C)c1O. The number of phenolic OH excluding ortho intramolecular Hbond substituents is 1. The normalized spacial score (nSPS) is 12.9. The van der Waals surface area contributed by atoms with Crippen LogP contribution in [0.2, 0.25) is 0 Å². The molecule has 3 aromatic rings. The zero-order valence-corrected chi connectivity index (χ0v) is 18.7. The molecule has 0 saturated heterocycles. The average molecular weight is 457 g/mol. The summed E-state index contributed by atoms with van der Waals surface area (Å²) in [6.07, 6.45) is 1.52. The van der Waals surface area contributed by atoms with E-state index < -0.39 is 11.8 Å². The van der Waals surface area contributed by atoms with Crippen molar-refractivity contribution in [3.8, 4) is 17.2 Å². The summed E-state index contributed by atoms with van der Waals surface area (Å²) in [4.78, 5) is 25.7. The number of rotatable bonds is 6. The molecule has 1 heterocycles. The number of ether oxygens (including phenoxy) is 2. The van der Waals surface area contributed by atoms with E-state index in [9.17, 15) is 14.7 Å². The molecule has 0 unspecified atom stereocenters. The summed E-state index contributed by atoms with van der Waals surface area (Å²) in [6, 6.07) is 19.0. The van der Waals surface area contributed by atoms with Gasteiger partial charge in [0, 0.05) is 11.1 Å². The maximum atomic E-state index is 13.0. The summed E-state index contributed by atoms with van der Waals surface area (Å²) in [6.45, 7) is 3.56. The molecule has 0 fully saturated rings. The second-order valence-electron chi connectivity index (χ2n) is 7.60. The Morgan fingerprint density at radius 3 is 2.56 bits per heavy atom. The Bertz CT molecular complexity index is 1300. The van der Waals surface area contributed by atoms with Crippen LogP contribution in [-0.4, -0.2) is 29.4 Å². The number of carbonyl (C=O) groups is 2. The number of benzene rings is 3. The molecule has 3 aromatic carbocycles. The summed E-state index contributed by atoms with van der Waals surface area (Å²) in [5.74, 6) is 0.168. The van der Waals surface area contributed by atoms with E-state index >= 15 is 0 Å². The van der Waals surface area contributed by atoms with Crippen molar-refractivity contribution in [2.24, 2.45) is 5.10 Å². The number of nitrogens with one attached hydrogen (secondary N) is 2. The van der Waals surface area contributed by atoms with E-state index in [1.165, 1.54) is 6.08 Å². The van der Waals surface area contributed by atoms with Crippen molar-refractivity contribution in [3.05, 3.63) is 94.7 Å². The van der Waals surface area contributed by atoms with Crippen LogP contribution < -0.4 is 20.2 Å². The van der Waals surface area contributed by atoms with Crippen LogP contribution in [0.25, 0.3) is 6.08 Å². The van der Waals surface area contributed by atoms with Crippen LogP contribution in [-0.2, 0) is 4.79 Å². The number of amides is 2. The highest BCUT2D eigenvalue weighted by Gasteiger charge is 2.17. The van der Waals surface area contributed by atoms with E-state index in [-0.39, 0.29) is 18.2 Å². The van der Waals surface area contributed by atoms with Gasteiger partial charge >= 0.3 is 0 Å². The molecule has 172 valence electrons. The number of carbonyl (C=O) groups excluding carboxylic acids is 2. The minimum Gasteiger partial charge on any atom is -0.507 e. The Labute approximate surface area is 196 Å². The second kappa shape index (κ2) is 9.91. The van der Waals surface area contributed by atoms with Gasteiger partial charge in [0.2, 0.25) is 6.79 Å². The van der Waals surface area contributed by atoms with E-state index in [1.54, 1.807) is 80.6 Å². The predicted octanol–water partition coefficient (Wildman–Crippen LogP) is 3.74. The van der Waals surface area contributed by atoms with Gasteiger partial charge in [-0.05, 0) is 61.4 Å². The highest BCUT2D eigenvalue weighted by atomic mass is 16.7. The van der Waals surface area contributed by atoms with Crippen LogP contribution in [0.5, 0.6) is 17.2 Å². The van der Waals surface area contributed by atoms with E-state index in [1.807, 2.05) is 0 Å². The molecule has 8 nitrogen and oxygen atoms in total. The summed E-state index contributed by atoms with van der Waals surface area (Å²) in [7, 11) is 0. The molecule has 4 rings (SSSR count). The zero-order chi connectivity index (χ0) is 24.1. The molecule has 0 aromatic heterocycles. The predicted molar refractivity (Wildman–Crippen MR) is 128 cm³/mol. The van der Waals surface area contributed by atoms with Crippen molar-refractivity contribution >= 4 is 23.6 Å². The number of hydrogen-bond acceptors (Lipinski definition) is 6. The van der Waals surface area contributed by atoms with Gasteiger partial charge in [0.05, 0.1) is 5.71 Å². The lowest BCUT2D eigenvalue weighted by Crippen LogP contribution is -2.33. The summed E-state index contributed by atoms with van der Waals surface area (Å²) in [5.41, 5.74) is 5.06. The van der Waals surface area contributed by atoms with E-state index in [0.717, 1.165) is 0 Å². The summed E-state index contributed by atoms with van der Waals surface area (Å²) < 4.78 is 10.7. The highest BCUT2D eigenvalue weighted by Crippen LogP contribution is 2.33. The topological polar surface area (TPSA) is 109 Å². The molecule has 0 spiro atoms. The number of phenols is 1. The lowest BCUT2D eigenvalue weighted by molar-refractivity contribution is -0.117. The number of para-hydroxylation sites is 1. The van der Waals surface area contributed by atoms with E-state index in [2.05, 4.69) is 15.8 Å². The number of hydrogen-bond donors (Lipinski definition) is 3. The Kier molecular flexibility index (Phi) is 6.59. The second-order valence-corrected chi connectivity index (χ2v) is 7.60. The Balaban J connectivity index is 1.61. The fourth-order valence-corrected chi connectivity index (χ4v) is 3.32. The highest BCUT2D eigenvalue weighted by molar-refractivity contribution is 6.06. The quantitative estimate of drug-likeness (QED) is 0.297. The number of hydrazone groups is 1. The Morgan fingerprint density at radius 1 is 1.00 bits per heavy atom. The minimum absolute atomic E-state index is 0.0160. The minimum atomic E-state index is -0.631.